The zero-order valence-electron chi connectivity index (χ0n) is 20.7. The Balaban J connectivity index is 1.91. The molecule has 2 aliphatic rings. The predicted octanol–water partition coefficient (Wildman–Crippen LogP) is -0.390. The van der Waals surface area contributed by atoms with E-state index in [1.807, 2.05) is 0 Å². The number of amides is 4. The minimum Gasteiger partial charge on any atom is -0.450 e. The smallest absolute Gasteiger partial charge is 0.413 e. The molecule has 4 atom stereocenters. The molecule has 2 fully saturated rings. The van der Waals surface area contributed by atoms with Gasteiger partial charge in [-0.3, -0.25) is 33.8 Å². The molecular formula is C22H29N5O9S. The minimum atomic E-state index is -1.44. The van der Waals surface area contributed by atoms with Crippen LogP contribution in [0.15, 0.2) is 10.9 Å². The zero-order valence-corrected chi connectivity index (χ0v) is 21.5. The molecule has 2 aliphatic heterocycles. The molecule has 4 amide bonds. The largest absolute Gasteiger partial charge is 0.450 e. The number of aromatic nitrogens is 1. The summed E-state index contributed by atoms with van der Waals surface area (Å²) >= 11 is 1.30. The number of ether oxygens (including phenoxy) is 3. The SMILES string of the molecule is CC(=O)OCN1CCC[C@H]1C(=O)N(C(=O)[C@@H]1[C@H](C)OC(=O)N1COC(C)=O)C(=O)[C@@H](N)Cc1cscn1. The molecule has 3 rings (SSSR count). The first kappa shape index (κ1) is 28.1. The number of hydrogen-bond donors (Lipinski definition) is 1. The van der Waals surface area contributed by atoms with Gasteiger partial charge in [0.1, 0.15) is 12.8 Å². The number of cyclic esters (lactones) is 1. The second-order valence-electron chi connectivity index (χ2n) is 8.64. The normalized spacial score (nSPS) is 22.3. The van der Waals surface area contributed by atoms with Crippen LogP contribution in [0.3, 0.4) is 0 Å². The summed E-state index contributed by atoms with van der Waals surface area (Å²) in [6.45, 7) is 3.34. The quantitative estimate of drug-likeness (QED) is 0.244. The van der Waals surface area contributed by atoms with Gasteiger partial charge >= 0.3 is 18.0 Å². The average Bonchev–Trinajstić information content (AvgIpc) is 3.56. The minimum absolute atomic E-state index is 0.0337. The van der Waals surface area contributed by atoms with Crippen LogP contribution in [0.2, 0.25) is 0 Å². The molecule has 3 heterocycles. The summed E-state index contributed by atoms with van der Waals surface area (Å²) in [5, 5.41) is 1.69. The number of carbonyl (C=O) groups is 6. The molecule has 0 aromatic carbocycles. The lowest BCUT2D eigenvalue weighted by Crippen LogP contribution is -2.61. The Labute approximate surface area is 216 Å². The molecule has 37 heavy (non-hydrogen) atoms. The van der Waals surface area contributed by atoms with Crippen molar-refractivity contribution >= 4 is 47.1 Å². The molecule has 0 spiro atoms. The monoisotopic (exact) mass is 539 g/mol. The number of nitrogens with two attached hydrogens (primary N) is 1. The highest BCUT2D eigenvalue weighted by molar-refractivity contribution is 7.07. The molecule has 15 heteroatoms. The number of rotatable bonds is 9. The van der Waals surface area contributed by atoms with Gasteiger partial charge in [-0.25, -0.2) is 14.7 Å². The van der Waals surface area contributed by atoms with Crippen LogP contribution in [0.25, 0.3) is 0 Å². The Bertz CT molecular complexity index is 1050. The van der Waals surface area contributed by atoms with E-state index in [4.69, 9.17) is 19.9 Å². The topological polar surface area (TPSA) is 179 Å². The fraction of sp³-hybridized carbons (Fsp3) is 0.591. The molecule has 1 aromatic heterocycles. The molecule has 202 valence electrons. The second kappa shape index (κ2) is 12.2. The Kier molecular flexibility index (Phi) is 9.29. The van der Waals surface area contributed by atoms with E-state index in [0.717, 1.165) is 11.8 Å². The maximum absolute atomic E-state index is 13.8. The van der Waals surface area contributed by atoms with E-state index < -0.39 is 66.7 Å². The number of hydrogen-bond acceptors (Lipinski definition) is 13. The van der Waals surface area contributed by atoms with E-state index in [1.165, 1.54) is 25.2 Å². The van der Waals surface area contributed by atoms with Gasteiger partial charge in [0.2, 0.25) is 0 Å². The summed E-state index contributed by atoms with van der Waals surface area (Å²) in [5.74, 6) is -4.16. The number of carbonyl (C=O) groups excluding carboxylic acids is 6. The standard InChI is InChI=1S/C22H29N5O9S/c1-12-18(26(22(33)36-12)11-35-14(3)29)21(32)27(19(30)16(23)7-15-8-37-9-24-15)20(31)17-5-4-6-25(17)10-34-13(2)28/h8-9,12,16-18H,4-7,10-11,23H2,1-3H3/t12-,16-,17-,18-/m0/s1. The maximum atomic E-state index is 13.8. The number of thiazole rings is 1. The molecule has 0 unspecified atom stereocenters. The third-order valence-corrected chi connectivity index (χ3v) is 6.57. The number of likely N-dealkylation sites (tertiary alicyclic amines) is 1. The first-order valence-corrected chi connectivity index (χ1v) is 12.5. The van der Waals surface area contributed by atoms with Crippen molar-refractivity contribution in [2.45, 2.75) is 64.3 Å². The van der Waals surface area contributed by atoms with Gasteiger partial charge in [-0.15, -0.1) is 11.3 Å². The van der Waals surface area contributed by atoms with Gasteiger partial charge in [0, 0.05) is 32.2 Å². The van der Waals surface area contributed by atoms with Crippen LogP contribution >= 0.6 is 11.3 Å². The van der Waals surface area contributed by atoms with Crippen LogP contribution in [-0.2, 0) is 44.6 Å². The average molecular weight is 540 g/mol. The summed E-state index contributed by atoms with van der Waals surface area (Å²) in [5.41, 5.74) is 8.18. The van der Waals surface area contributed by atoms with E-state index in [1.54, 1.807) is 15.8 Å². The van der Waals surface area contributed by atoms with E-state index in [9.17, 15) is 28.8 Å². The highest BCUT2D eigenvalue weighted by atomic mass is 32.1. The van der Waals surface area contributed by atoms with Crippen molar-refractivity contribution in [3.05, 3.63) is 16.6 Å². The van der Waals surface area contributed by atoms with Crippen molar-refractivity contribution in [1.82, 2.24) is 19.7 Å². The Hall–Kier alpha value is -3.43. The Morgan fingerprint density at radius 2 is 1.86 bits per heavy atom. The van der Waals surface area contributed by atoms with E-state index in [0.29, 0.717) is 30.0 Å². The van der Waals surface area contributed by atoms with Crippen LogP contribution in [0.1, 0.15) is 39.3 Å². The van der Waals surface area contributed by atoms with Crippen molar-refractivity contribution in [3.63, 3.8) is 0 Å². The van der Waals surface area contributed by atoms with Crippen molar-refractivity contribution < 1.29 is 43.0 Å². The first-order chi connectivity index (χ1) is 17.5. The van der Waals surface area contributed by atoms with Gasteiger partial charge in [0.05, 0.1) is 23.3 Å². The fourth-order valence-electron chi connectivity index (χ4n) is 4.14. The lowest BCUT2D eigenvalue weighted by atomic mass is 10.1. The maximum Gasteiger partial charge on any atom is 0.413 e. The molecule has 0 saturated carbocycles. The summed E-state index contributed by atoms with van der Waals surface area (Å²) in [6.07, 6.45) is -1.19. The van der Waals surface area contributed by atoms with Crippen molar-refractivity contribution in [1.29, 1.82) is 0 Å². The van der Waals surface area contributed by atoms with Crippen molar-refractivity contribution in [3.8, 4) is 0 Å². The summed E-state index contributed by atoms with van der Waals surface area (Å²) in [4.78, 5) is 82.9. The summed E-state index contributed by atoms with van der Waals surface area (Å²) in [6, 6.07) is -3.68. The van der Waals surface area contributed by atoms with E-state index in [-0.39, 0.29) is 13.2 Å². The molecular weight excluding hydrogens is 510 g/mol. The second-order valence-corrected chi connectivity index (χ2v) is 9.36. The molecule has 0 radical (unpaired) electrons. The van der Waals surface area contributed by atoms with Gasteiger partial charge in [-0.05, 0) is 19.8 Å². The lowest BCUT2D eigenvalue weighted by Gasteiger charge is -2.32. The molecule has 0 aliphatic carbocycles. The highest BCUT2D eigenvalue weighted by Crippen LogP contribution is 2.25. The van der Waals surface area contributed by atoms with Crippen LogP contribution < -0.4 is 5.73 Å². The van der Waals surface area contributed by atoms with Gasteiger partial charge in [-0.2, -0.15) is 0 Å². The molecule has 1 aromatic rings. The third kappa shape index (κ3) is 6.67. The molecule has 0 bridgehead atoms. The fourth-order valence-corrected chi connectivity index (χ4v) is 4.71. The third-order valence-electron chi connectivity index (χ3n) is 5.93. The number of esters is 2. The first-order valence-electron chi connectivity index (χ1n) is 11.5. The van der Waals surface area contributed by atoms with Gasteiger partial charge in [0.25, 0.3) is 17.7 Å². The molecule has 14 nitrogen and oxygen atoms in total. The van der Waals surface area contributed by atoms with Gasteiger partial charge < -0.3 is 19.9 Å². The highest BCUT2D eigenvalue weighted by Gasteiger charge is 2.51. The summed E-state index contributed by atoms with van der Waals surface area (Å²) < 4.78 is 15.0. The van der Waals surface area contributed by atoms with Gasteiger partial charge in [0.15, 0.2) is 12.8 Å². The van der Waals surface area contributed by atoms with Gasteiger partial charge in [-0.1, -0.05) is 0 Å². The van der Waals surface area contributed by atoms with E-state index in [2.05, 4.69) is 4.98 Å². The lowest BCUT2D eigenvalue weighted by molar-refractivity contribution is -0.163. The Morgan fingerprint density at radius 3 is 2.49 bits per heavy atom. The van der Waals surface area contributed by atoms with Crippen LogP contribution in [0, 0.1) is 0 Å². The molecule has 2 N–H and O–H groups in total. The zero-order chi connectivity index (χ0) is 27.3. The number of imide groups is 3. The van der Waals surface area contributed by atoms with E-state index >= 15 is 0 Å². The van der Waals surface area contributed by atoms with Crippen LogP contribution in [0.4, 0.5) is 4.79 Å². The predicted molar refractivity (Wildman–Crippen MR) is 125 cm³/mol. The molecule has 2 saturated heterocycles. The van der Waals surface area contributed by atoms with Crippen LogP contribution in [0.5, 0.6) is 0 Å². The van der Waals surface area contributed by atoms with Crippen LogP contribution in [-0.4, -0.2) is 99.7 Å². The van der Waals surface area contributed by atoms with Crippen molar-refractivity contribution in [2.24, 2.45) is 5.73 Å². The Morgan fingerprint density at radius 1 is 1.19 bits per heavy atom. The van der Waals surface area contributed by atoms with Crippen molar-refractivity contribution in [2.75, 3.05) is 20.0 Å². The number of nitrogens with zero attached hydrogens (tertiary/aromatic N) is 4. The summed E-state index contributed by atoms with van der Waals surface area (Å²) in [7, 11) is 0.